The highest BCUT2D eigenvalue weighted by molar-refractivity contribution is 5.86. The molecule has 0 aliphatic heterocycles. The van der Waals surface area contributed by atoms with Gasteiger partial charge in [-0.05, 0) is 18.9 Å². The Morgan fingerprint density at radius 1 is 1.40 bits per heavy atom. The van der Waals surface area contributed by atoms with Crippen molar-refractivity contribution < 1.29 is 19.1 Å². The zero-order chi connectivity index (χ0) is 15.1. The fourth-order valence-corrected chi connectivity index (χ4v) is 1.67. The van der Waals surface area contributed by atoms with E-state index in [1.54, 1.807) is 13.0 Å². The van der Waals surface area contributed by atoms with Crippen molar-refractivity contribution in [3.63, 3.8) is 0 Å². The van der Waals surface area contributed by atoms with Crippen LogP contribution in [0.2, 0.25) is 0 Å². The summed E-state index contributed by atoms with van der Waals surface area (Å²) in [5.41, 5.74) is 0.601. The second-order valence-electron chi connectivity index (χ2n) is 5.15. The molecule has 1 aromatic heterocycles. The minimum absolute atomic E-state index is 0.00745. The molecule has 0 aromatic carbocycles. The molecule has 1 rings (SSSR count). The van der Waals surface area contributed by atoms with Gasteiger partial charge in [0.2, 0.25) is 11.7 Å². The van der Waals surface area contributed by atoms with Crippen LogP contribution in [0.3, 0.4) is 0 Å². The van der Waals surface area contributed by atoms with E-state index < -0.39 is 5.97 Å². The number of carboxylic acid groups (broad SMARTS) is 1. The minimum Gasteiger partial charge on any atom is -0.475 e. The van der Waals surface area contributed by atoms with Crippen molar-refractivity contribution in [3.8, 4) is 0 Å². The van der Waals surface area contributed by atoms with Crippen LogP contribution in [0.25, 0.3) is 0 Å². The topological polar surface area (TPSA) is 91.6 Å². The van der Waals surface area contributed by atoms with Crippen LogP contribution in [0.15, 0.2) is 10.5 Å². The van der Waals surface area contributed by atoms with Gasteiger partial charge in [-0.15, -0.1) is 0 Å². The summed E-state index contributed by atoms with van der Waals surface area (Å²) in [6.07, 6.45) is 0.387. The van der Waals surface area contributed by atoms with E-state index in [1.807, 2.05) is 13.8 Å². The molecule has 0 aliphatic rings. The van der Waals surface area contributed by atoms with Gasteiger partial charge >= 0.3 is 5.97 Å². The van der Waals surface area contributed by atoms with Crippen molar-refractivity contribution in [2.45, 2.75) is 33.7 Å². The van der Waals surface area contributed by atoms with Gasteiger partial charge < -0.3 is 20.2 Å². The zero-order valence-corrected chi connectivity index (χ0v) is 12.2. The largest absolute Gasteiger partial charge is 0.475 e. The Morgan fingerprint density at radius 3 is 2.65 bits per heavy atom. The number of hydrogen-bond donors (Lipinski definition) is 3. The van der Waals surface area contributed by atoms with Gasteiger partial charge in [-0.25, -0.2) is 4.79 Å². The van der Waals surface area contributed by atoms with Gasteiger partial charge in [0.25, 0.3) is 0 Å². The van der Waals surface area contributed by atoms with E-state index in [0.29, 0.717) is 43.3 Å². The van der Waals surface area contributed by atoms with E-state index in [4.69, 9.17) is 9.52 Å². The number of aromatic carboxylic acids is 1. The first-order valence-corrected chi connectivity index (χ1v) is 6.70. The van der Waals surface area contributed by atoms with Gasteiger partial charge in [-0.2, -0.15) is 0 Å². The van der Waals surface area contributed by atoms with Crippen molar-refractivity contribution >= 4 is 11.9 Å². The number of carboxylic acids is 1. The second-order valence-corrected chi connectivity index (χ2v) is 5.15. The van der Waals surface area contributed by atoms with E-state index >= 15 is 0 Å². The van der Waals surface area contributed by atoms with Crippen molar-refractivity contribution in [1.82, 2.24) is 10.6 Å². The van der Waals surface area contributed by atoms with Gasteiger partial charge in [0.1, 0.15) is 5.76 Å². The molecule has 0 atom stereocenters. The van der Waals surface area contributed by atoms with Crippen LogP contribution in [0, 0.1) is 12.8 Å². The number of carbonyl (C=O) groups is 2. The number of rotatable bonds is 8. The smallest absolute Gasteiger partial charge is 0.372 e. The second kappa shape index (κ2) is 7.69. The number of nitrogens with one attached hydrogen (secondary N) is 2. The van der Waals surface area contributed by atoms with E-state index in [-0.39, 0.29) is 11.7 Å². The molecule has 112 valence electrons. The average Bonchev–Trinajstić information content (AvgIpc) is 2.73. The Kier molecular flexibility index (Phi) is 6.24. The van der Waals surface area contributed by atoms with Gasteiger partial charge in [-0.1, -0.05) is 13.8 Å². The Labute approximate surface area is 118 Å². The SMILES string of the molecule is Cc1cc(CNCCC(=O)NCC(C)C)oc1C(=O)O. The van der Waals surface area contributed by atoms with Crippen molar-refractivity contribution in [2.24, 2.45) is 5.92 Å². The van der Waals surface area contributed by atoms with Crippen LogP contribution in [0.1, 0.15) is 42.1 Å². The molecule has 0 fully saturated rings. The Bertz CT molecular complexity index is 466. The number of carbonyl (C=O) groups excluding carboxylic acids is 1. The maximum absolute atomic E-state index is 11.5. The lowest BCUT2D eigenvalue weighted by atomic mass is 10.2. The molecule has 0 saturated carbocycles. The first-order chi connectivity index (χ1) is 9.40. The van der Waals surface area contributed by atoms with Gasteiger partial charge in [0.05, 0.1) is 6.54 Å². The summed E-state index contributed by atoms with van der Waals surface area (Å²) in [5.74, 6) is -0.0960. The highest BCUT2D eigenvalue weighted by Gasteiger charge is 2.13. The van der Waals surface area contributed by atoms with E-state index in [2.05, 4.69) is 10.6 Å². The highest BCUT2D eigenvalue weighted by atomic mass is 16.4. The lowest BCUT2D eigenvalue weighted by Crippen LogP contribution is -2.30. The van der Waals surface area contributed by atoms with Gasteiger partial charge in [0, 0.05) is 25.1 Å². The van der Waals surface area contributed by atoms with Crippen molar-refractivity contribution in [2.75, 3.05) is 13.1 Å². The van der Waals surface area contributed by atoms with E-state index in [1.165, 1.54) is 0 Å². The van der Waals surface area contributed by atoms with Crippen LogP contribution < -0.4 is 10.6 Å². The average molecular weight is 282 g/mol. The summed E-state index contributed by atoms with van der Waals surface area (Å²) >= 11 is 0. The Morgan fingerprint density at radius 2 is 2.10 bits per heavy atom. The molecular weight excluding hydrogens is 260 g/mol. The summed E-state index contributed by atoms with van der Waals surface area (Å²) in [6.45, 7) is 7.38. The maximum Gasteiger partial charge on any atom is 0.372 e. The summed E-state index contributed by atoms with van der Waals surface area (Å²) in [4.78, 5) is 22.3. The van der Waals surface area contributed by atoms with Crippen LogP contribution in [-0.4, -0.2) is 30.1 Å². The molecule has 3 N–H and O–H groups in total. The fourth-order valence-electron chi connectivity index (χ4n) is 1.67. The molecule has 0 spiro atoms. The van der Waals surface area contributed by atoms with Crippen molar-refractivity contribution in [3.05, 3.63) is 23.2 Å². The predicted molar refractivity (Wildman–Crippen MR) is 74.6 cm³/mol. The molecule has 0 unspecified atom stereocenters. The quantitative estimate of drug-likeness (QED) is 0.629. The minimum atomic E-state index is -1.07. The lowest BCUT2D eigenvalue weighted by molar-refractivity contribution is -0.121. The van der Waals surface area contributed by atoms with Crippen molar-refractivity contribution in [1.29, 1.82) is 0 Å². The molecule has 20 heavy (non-hydrogen) atoms. The molecule has 0 saturated heterocycles. The van der Waals surface area contributed by atoms with Crippen LogP contribution in [0.4, 0.5) is 0 Å². The molecule has 1 amide bonds. The third kappa shape index (κ3) is 5.44. The summed E-state index contributed by atoms with van der Waals surface area (Å²) in [6, 6.07) is 1.69. The van der Waals surface area contributed by atoms with Crippen LogP contribution in [-0.2, 0) is 11.3 Å². The monoisotopic (exact) mass is 282 g/mol. The summed E-state index contributed by atoms with van der Waals surface area (Å²) in [7, 11) is 0. The number of hydrogen-bond acceptors (Lipinski definition) is 4. The predicted octanol–water partition coefficient (Wildman–Crippen LogP) is 1.54. The summed E-state index contributed by atoms with van der Waals surface area (Å²) in [5, 5.41) is 14.7. The maximum atomic E-state index is 11.5. The van der Waals surface area contributed by atoms with E-state index in [9.17, 15) is 9.59 Å². The molecular formula is C14H22N2O4. The third-order valence-electron chi connectivity index (χ3n) is 2.70. The Hall–Kier alpha value is -1.82. The van der Waals surface area contributed by atoms with Crippen LogP contribution >= 0.6 is 0 Å². The normalized spacial score (nSPS) is 10.8. The standard InChI is InChI=1S/C14H22N2O4/c1-9(2)7-16-12(17)4-5-15-8-11-6-10(3)13(20-11)14(18)19/h6,9,15H,4-5,7-8H2,1-3H3,(H,16,17)(H,18,19). The molecule has 1 heterocycles. The fraction of sp³-hybridized carbons (Fsp3) is 0.571. The highest BCUT2D eigenvalue weighted by Crippen LogP contribution is 2.14. The molecule has 0 aliphatic carbocycles. The van der Waals surface area contributed by atoms with Gasteiger partial charge in [-0.3, -0.25) is 4.79 Å². The lowest BCUT2D eigenvalue weighted by Gasteiger charge is -2.07. The van der Waals surface area contributed by atoms with Crippen LogP contribution in [0.5, 0.6) is 0 Å². The molecule has 6 heteroatoms. The first kappa shape index (κ1) is 16.2. The number of furan rings is 1. The molecule has 6 nitrogen and oxygen atoms in total. The van der Waals surface area contributed by atoms with Gasteiger partial charge in [0.15, 0.2) is 0 Å². The number of amides is 1. The molecule has 1 aromatic rings. The summed E-state index contributed by atoms with van der Waals surface area (Å²) < 4.78 is 5.20. The number of aryl methyl sites for hydroxylation is 1. The molecule has 0 bridgehead atoms. The molecule has 0 radical (unpaired) electrons. The first-order valence-electron chi connectivity index (χ1n) is 6.70. The Balaban J connectivity index is 2.26. The third-order valence-corrected chi connectivity index (χ3v) is 2.70. The zero-order valence-electron chi connectivity index (χ0n) is 12.2. The van der Waals surface area contributed by atoms with E-state index in [0.717, 1.165) is 0 Å².